The van der Waals surface area contributed by atoms with Crippen molar-refractivity contribution >= 4 is 11.9 Å². The lowest BCUT2D eigenvalue weighted by atomic mass is 10.8. The first kappa shape index (κ1) is 4.89. The van der Waals surface area contributed by atoms with Crippen LogP contribution in [0.25, 0.3) is 0 Å². The van der Waals surface area contributed by atoms with Crippen molar-refractivity contribution < 1.29 is 8.81 Å². The zero-order valence-electron chi connectivity index (χ0n) is 3.89. The normalized spacial score (nSPS) is 9.62. The third-order valence-corrected chi connectivity index (χ3v) is 0.626. The van der Waals surface area contributed by atoms with Crippen molar-refractivity contribution in [3.63, 3.8) is 0 Å². The van der Waals surface area contributed by atoms with Crippen LogP contribution in [0.1, 0.15) is 0 Å². The van der Waals surface area contributed by atoms with E-state index in [1.54, 1.807) is 0 Å². The van der Waals surface area contributed by atoms with Gasteiger partial charge in [-0.25, -0.2) is 0 Å². The van der Waals surface area contributed by atoms with Gasteiger partial charge in [0.05, 0.1) is 0 Å². The molecule has 5 heteroatoms. The van der Waals surface area contributed by atoms with Crippen LogP contribution >= 0.6 is 0 Å². The van der Waals surface area contributed by atoms with Crippen LogP contribution in [0.5, 0.6) is 0 Å². The van der Waals surface area contributed by atoms with Gasteiger partial charge in [-0.15, -0.1) is 0 Å². The number of anilines is 2. The molecule has 0 atom stereocenters. The largest absolute Gasteiger partial charge is 0.404 e. The summed E-state index contributed by atoms with van der Waals surface area (Å²) < 4.78 is 16.2. The van der Waals surface area contributed by atoms with E-state index in [0.717, 1.165) is 0 Å². The highest BCUT2D eigenvalue weighted by atomic mass is 19.1. The Kier molecular flexibility index (Phi) is 0.831. The highest BCUT2D eigenvalue weighted by Gasteiger charge is 2.04. The van der Waals surface area contributed by atoms with Crippen LogP contribution in [0.15, 0.2) is 4.42 Å². The summed E-state index contributed by atoms with van der Waals surface area (Å²) in [4.78, 5) is 3.03. The van der Waals surface area contributed by atoms with Gasteiger partial charge in [0, 0.05) is 0 Å². The Labute approximate surface area is 44.3 Å². The van der Waals surface area contributed by atoms with E-state index in [1.807, 2.05) is 0 Å². The van der Waals surface area contributed by atoms with Gasteiger partial charge in [0.15, 0.2) is 0 Å². The molecule has 0 aromatic carbocycles. The lowest BCUT2D eigenvalue weighted by Crippen LogP contribution is -1.83. The molecule has 4 nitrogen and oxygen atoms in total. The Hall–Kier alpha value is -1.26. The Morgan fingerprint density at radius 3 is 2.25 bits per heavy atom. The molecule has 0 spiro atoms. The number of hydrogen-bond acceptors (Lipinski definition) is 4. The van der Waals surface area contributed by atoms with Crippen molar-refractivity contribution in [2.75, 3.05) is 11.5 Å². The number of halogens is 1. The van der Waals surface area contributed by atoms with E-state index >= 15 is 0 Å². The third kappa shape index (κ3) is 0.575. The monoisotopic (exact) mass is 117 g/mol. The summed E-state index contributed by atoms with van der Waals surface area (Å²) in [5, 5.41) is 0. The van der Waals surface area contributed by atoms with Gasteiger partial charge in [-0.05, 0) is 0 Å². The standard InChI is InChI=1S/C3H4FN3O/c4-1-2(5)8-3(6)7-1/h5H2,(H2,6,7). The fourth-order valence-electron chi connectivity index (χ4n) is 0.329. The minimum Gasteiger partial charge on any atom is -0.404 e. The molecule has 0 aliphatic heterocycles. The Morgan fingerprint density at radius 2 is 2.12 bits per heavy atom. The molecule has 0 fully saturated rings. The fraction of sp³-hybridized carbons (Fsp3) is 0. The van der Waals surface area contributed by atoms with Crippen LogP contribution in [-0.2, 0) is 0 Å². The molecule has 0 saturated carbocycles. The number of nitrogens with zero attached hydrogens (tertiary/aromatic N) is 1. The zero-order valence-corrected chi connectivity index (χ0v) is 3.89. The second-order valence-electron chi connectivity index (χ2n) is 1.21. The van der Waals surface area contributed by atoms with Gasteiger partial charge in [0.2, 0.25) is 5.88 Å². The molecule has 8 heavy (non-hydrogen) atoms. The summed E-state index contributed by atoms with van der Waals surface area (Å²) >= 11 is 0. The predicted molar refractivity (Wildman–Crippen MR) is 25.3 cm³/mol. The quantitative estimate of drug-likeness (QED) is 0.500. The van der Waals surface area contributed by atoms with E-state index < -0.39 is 5.95 Å². The molecule has 0 aliphatic rings. The first-order valence-electron chi connectivity index (χ1n) is 1.87. The molecular formula is C3H4FN3O. The number of nitrogens with two attached hydrogens (primary N) is 2. The van der Waals surface area contributed by atoms with E-state index in [-0.39, 0.29) is 11.9 Å². The second kappa shape index (κ2) is 1.36. The molecule has 0 radical (unpaired) electrons. The maximum Gasteiger partial charge on any atom is 0.296 e. The highest BCUT2D eigenvalue weighted by Crippen LogP contribution is 2.10. The third-order valence-electron chi connectivity index (χ3n) is 0.626. The number of rotatable bonds is 0. The summed E-state index contributed by atoms with van der Waals surface area (Å²) in [5.41, 5.74) is 9.74. The van der Waals surface area contributed by atoms with Crippen molar-refractivity contribution in [3.05, 3.63) is 5.95 Å². The molecule has 1 aromatic heterocycles. The number of hydrogen-bond donors (Lipinski definition) is 2. The van der Waals surface area contributed by atoms with Gasteiger partial charge in [0.1, 0.15) is 0 Å². The average Bonchev–Trinajstić information content (AvgIpc) is 1.85. The first-order valence-corrected chi connectivity index (χ1v) is 1.87. The van der Waals surface area contributed by atoms with Crippen LogP contribution in [0, 0.1) is 5.95 Å². The Bertz CT molecular complexity index is 177. The molecule has 4 N–H and O–H groups in total. The van der Waals surface area contributed by atoms with Crippen molar-refractivity contribution in [1.82, 2.24) is 4.98 Å². The van der Waals surface area contributed by atoms with Gasteiger partial charge in [-0.1, -0.05) is 0 Å². The average molecular weight is 117 g/mol. The summed E-state index contributed by atoms with van der Waals surface area (Å²) in [6.07, 6.45) is 0. The second-order valence-corrected chi connectivity index (χ2v) is 1.21. The maximum absolute atomic E-state index is 11.9. The lowest BCUT2D eigenvalue weighted by molar-refractivity contribution is 0.563. The van der Waals surface area contributed by atoms with E-state index in [1.165, 1.54) is 0 Å². The van der Waals surface area contributed by atoms with Gasteiger partial charge in [-0.2, -0.15) is 9.37 Å². The number of nitrogen functional groups attached to an aromatic ring is 2. The van der Waals surface area contributed by atoms with E-state index in [9.17, 15) is 4.39 Å². The van der Waals surface area contributed by atoms with Crippen LogP contribution in [0.4, 0.5) is 16.3 Å². The summed E-state index contributed by atoms with van der Waals surface area (Å²) in [5.74, 6) is -1.23. The van der Waals surface area contributed by atoms with E-state index in [4.69, 9.17) is 11.5 Å². The highest BCUT2D eigenvalue weighted by molar-refractivity contribution is 5.27. The van der Waals surface area contributed by atoms with Crippen LogP contribution in [0.3, 0.4) is 0 Å². The van der Waals surface area contributed by atoms with Gasteiger partial charge in [-0.3, -0.25) is 0 Å². The van der Waals surface area contributed by atoms with Crippen molar-refractivity contribution in [1.29, 1.82) is 0 Å². The van der Waals surface area contributed by atoms with Crippen molar-refractivity contribution in [3.8, 4) is 0 Å². The molecule has 0 bridgehead atoms. The van der Waals surface area contributed by atoms with Gasteiger partial charge in [0.25, 0.3) is 12.0 Å². The summed E-state index contributed by atoms with van der Waals surface area (Å²) in [6, 6.07) is -0.250. The summed E-state index contributed by atoms with van der Waals surface area (Å²) in [6.45, 7) is 0. The minimum absolute atomic E-state index is 0.250. The molecule has 0 unspecified atom stereocenters. The molecule has 0 amide bonds. The van der Waals surface area contributed by atoms with E-state index in [0.29, 0.717) is 0 Å². The number of aromatic nitrogens is 1. The molecule has 1 rings (SSSR count). The molecule has 1 aromatic rings. The molecule has 0 saturated heterocycles. The lowest BCUT2D eigenvalue weighted by Gasteiger charge is -1.75. The smallest absolute Gasteiger partial charge is 0.296 e. The SMILES string of the molecule is Nc1nc(F)c(N)o1. The van der Waals surface area contributed by atoms with E-state index in [2.05, 4.69) is 9.40 Å². The molecule has 0 aliphatic carbocycles. The first-order chi connectivity index (χ1) is 3.70. The Balaban J connectivity index is 3.14. The van der Waals surface area contributed by atoms with Crippen LogP contribution in [-0.4, -0.2) is 4.98 Å². The maximum atomic E-state index is 11.9. The topological polar surface area (TPSA) is 78.1 Å². The fourth-order valence-corrected chi connectivity index (χ4v) is 0.329. The number of oxazole rings is 1. The molecular weight excluding hydrogens is 113 g/mol. The van der Waals surface area contributed by atoms with Crippen LogP contribution < -0.4 is 11.5 Å². The Morgan fingerprint density at radius 1 is 1.50 bits per heavy atom. The minimum atomic E-state index is -0.859. The summed E-state index contributed by atoms with van der Waals surface area (Å²) in [7, 11) is 0. The zero-order chi connectivity index (χ0) is 6.15. The van der Waals surface area contributed by atoms with Crippen molar-refractivity contribution in [2.24, 2.45) is 0 Å². The van der Waals surface area contributed by atoms with Crippen molar-refractivity contribution in [2.45, 2.75) is 0 Å². The molecule has 44 valence electrons. The van der Waals surface area contributed by atoms with Gasteiger partial charge < -0.3 is 15.9 Å². The molecule has 1 heterocycles. The predicted octanol–water partition coefficient (Wildman–Crippen LogP) is -0.0219. The van der Waals surface area contributed by atoms with Crippen LogP contribution in [0.2, 0.25) is 0 Å². The van der Waals surface area contributed by atoms with Gasteiger partial charge >= 0.3 is 0 Å².